The van der Waals surface area contributed by atoms with Crippen LogP contribution in [0.2, 0.25) is 0 Å². The third kappa shape index (κ3) is 4.28. The van der Waals surface area contributed by atoms with Crippen LogP contribution in [0, 0.1) is 0 Å². The number of hydrogen-bond acceptors (Lipinski definition) is 5. The molecule has 1 aliphatic heterocycles. The maximum absolute atomic E-state index is 11.5. The van der Waals surface area contributed by atoms with E-state index in [4.69, 9.17) is 14.2 Å². The van der Waals surface area contributed by atoms with E-state index in [1.54, 1.807) is 28.3 Å². The lowest BCUT2D eigenvalue weighted by Gasteiger charge is -2.25. The molecular formula is C17H26N2O4. The molecule has 2 rings (SSSR count). The fourth-order valence-electron chi connectivity index (χ4n) is 2.91. The number of rotatable bonds is 6. The quantitative estimate of drug-likeness (QED) is 0.805. The van der Waals surface area contributed by atoms with Crippen LogP contribution in [0.5, 0.6) is 11.5 Å². The summed E-state index contributed by atoms with van der Waals surface area (Å²) in [6.45, 7) is 2.15. The number of carbonyl (C=O) groups is 1. The topological polar surface area (TPSA) is 51.2 Å². The predicted octanol–water partition coefficient (Wildman–Crippen LogP) is 2.54. The summed E-state index contributed by atoms with van der Waals surface area (Å²) >= 11 is 0. The molecule has 0 radical (unpaired) electrons. The number of benzene rings is 1. The molecule has 0 aromatic heterocycles. The second-order valence-electron chi connectivity index (χ2n) is 5.82. The van der Waals surface area contributed by atoms with Crippen molar-refractivity contribution in [3.63, 3.8) is 0 Å². The molecule has 0 aliphatic carbocycles. The summed E-state index contributed by atoms with van der Waals surface area (Å²) < 4.78 is 15.9. The van der Waals surface area contributed by atoms with E-state index in [-0.39, 0.29) is 6.09 Å². The number of likely N-dealkylation sites (tertiary alicyclic amines) is 1. The van der Waals surface area contributed by atoms with Gasteiger partial charge in [0.1, 0.15) is 6.61 Å². The van der Waals surface area contributed by atoms with Crippen LogP contribution in [0.25, 0.3) is 0 Å². The van der Waals surface area contributed by atoms with Gasteiger partial charge in [-0.2, -0.15) is 0 Å². The highest BCUT2D eigenvalue weighted by Gasteiger charge is 2.26. The molecule has 0 unspecified atom stereocenters. The molecule has 128 valence electrons. The van der Waals surface area contributed by atoms with Crippen molar-refractivity contribution in [3.8, 4) is 11.5 Å². The van der Waals surface area contributed by atoms with E-state index in [0.717, 1.165) is 37.4 Å². The summed E-state index contributed by atoms with van der Waals surface area (Å²) in [5, 5.41) is 0. The standard InChI is InChI=1S/C17H26N2O4/c1-18(2)17(20)23-11-10-19-9-5-6-14(19)13-7-8-15(21-3)16(12-13)22-4/h7-8,12,14H,5-6,9-11H2,1-4H3/t14-/m1/s1. The lowest BCUT2D eigenvalue weighted by Crippen LogP contribution is -2.30. The van der Waals surface area contributed by atoms with Gasteiger partial charge in [-0.3, -0.25) is 4.90 Å². The monoisotopic (exact) mass is 322 g/mol. The zero-order valence-corrected chi connectivity index (χ0v) is 14.4. The average Bonchev–Trinajstić information content (AvgIpc) is 3.02. The number of methoxy groups -OCH3 is 2. The molecule has 1 heterocycles. The van der Waals surface area contributed by atoms with E-state index in [1.165, 1.54) is 10.5 Å². The first kappa shape index (κ1) is 17.4. The van der Waals surface area contributed by atoms with Gasteiger partial charge in [0.25, 0.3) is 0 Å². The molecule has 23 heavy (non-hydrogen) atoms. The van der Waals surface area contributed by atoms with Crippen molar-refractivity contribution in [1.29, 1.82) is 0 Å². The van der Waals surface area contributed by atoms with Crippen LogP contribution in [0.4, 0.5) is 4.79 Å². The predicted molar refractivity (Wildman–Crippen MR) is 88.1 cm³/mol. The Hall–Kier alpha value is -1.95. The molecular weight excluding hydrogens is 296 g/mol. The Balaban J connectivity index is 1.99. The van der Waals surface area contributed by atoms with Crippen molar-refractivity contribution < 1.29 is 19.0 Å². The summed E-state index contributed by atoms with van der Waals surface area (Å²) in [7, 11) is 6.66. The first-order valence-corrected chi connectivity index (χ1v) is 7.87. The van der Waals surface area contributed by atoms with Crippen LogP contribution in [-0.4, -0.2) is 63.9 Å². The lowest BCUT2D eigenvalue weighted by molar-refractivity contribution is 0.101. The first-order chi connectivity index (χ1) is 11.1. The van der Waals surface area contributed by atoms with Gasteiger partial charge < -0.3 is 19.1 Å². The van der Waals surface area contributed by atoms with Crippen LogP contribution in [0.3, 0.4) is 0 Å². The molecule has 1 aromatic rings. The number of ether oxygens (including phenoxy) is 3. The highest BCUT2D eigenvalue weighted by molar-refractivity contribution is 5.66. The molecule has 1 saturated heterocycles. The van der Waals surface area contributed by atoms with Gasteiger partial charge in [-0.1, -0.05) is 6.07 Å². The summed E-state index contributed by atoms with van der Waals surface area (Å²) in [5.74, 6) is 1.48. The molecule has 1 amide bonds. The van der Waals surface area contributed by atoms with Crippen LogP contribution >= 0.6 is 0 Å². The van der Waals surface area contributed by atoms with Crippen molar-refractivity contribution in [2.45, 2.75) is 18.9 Å². The third-order valence-electron chi connectivity index (χ3n) is 4.13. The van der Waals surface area contributed by atoms with E-state index in [2.05, 4.69) is 11.0 Å². The number of amides is 1. The fraction of sp³-hybridized carbons (Fsp3) is 0.588. The van der Waals surface area contributed by atoms with E-state index >= 15 is 0 Å². The second-order valence-corrected chi connectivity index (χ2v) is 5.82. The van der Waals surface area contributed by atoms with E-state index in [1.807, 2.05) is 12.1 Å². The maximum Gasteiger partial charge on any atom is 0.409 e. The number of nitrogens with zero attached hydrogens (tertiary/aromatic N) is 2. The van der Waals surface area contributed by atoms with Crippen LogP contribution in [0.1, 0.15) is 24.4 Å². The Morgan fingerprint density at radius 3 is 2.65 bits per heavy atom. The van der Waals surface area contributed by atoms with Gasteiger partial charge in [0.2, 0.25) is 0 Å². The van der Waals surface area contributed by atoms with E-state index in [0.29, 0.717) is 12.6 Å². The normalized spacial score (nSPS) is 17.8. The van der Waals surface area contributed by atoms with E-state index < -0.39 is 0 Å². The van der Waals surface area contributed by atoms with Gasteiger partial charge in [0, 0.05) is 26.7 Å². The fourth-order valence-corrected chi connectivity index (χ4v) is 2.91. The minimum absolute atomic E-state index is 0.299. The van der Waals surface area contributed by atoms with Crippen LogP contribution in [0.15, 0.2) is 18.2 Å². The second kappa shape index (κ2) is 8.06. The smallest absolute Gasteiger partial charge is 0.409 e. The molecule has 6 nitrogen and oxygen atoms in total. The van der Waals surface area contributed by atoms with Gasteiger partial charge in [-0.15, -0.1) is 0 Å². The third-order valence-corrected chi connectivity index (χ3v) is 4.13. The van der Waals surface area contributed by atoms with Crippen LogP contribution in [-0.2, 0) is 4.74 Å². The molecule has 0 spiro atoms. The van der Waals surface area contributed by atoms with Crippen LogP contribution < -0.4 is 9.47 Å². The van der Waals surface area contributed by atoms with Gasteiger partial charge in [-0.25, -0.2) is 4.79 Å². The molecule has 1 aromatic carbocycles. The average molecular weight is 322 g/mol. The zero-order chi connectivity index (χ0) is 16.8. The molecule has 1 atom stereocenters. The number of carbonyl (C=O) groups excluding carboxylic acids is 1. The highest BCUT2D eigenvalue weighted by atomic mass is 16.6. The zero-order valence-electron chi connectivity index (χ0n) is 14.4. The Kier molecular flexibility index (Phi) is 6.10. The minimum Gasteiger partial charge on any atom is -0.493 e. The van der Waals surface area contributed by atoms with Crippen molar-refractivity contribution in [1.82, 2.24) is 9.80 Å². The van der Waals surface area contributed by atoms with Gasteiger partial charge in [0.15, 0.2) is 11.5 Å². The van der Waals surface area contributed by atoms with Crippen molar-refractivity contribution in [3.05, 3.63) is 23.8 Å². The number of hydrogen-bond donors (Lipinski definition) is 0. The molecule has 1 aliphatic rings. The molecule has 6 heteroatoms. The summed E-state index contributed by atoms with van der Waals surface area (Å²) in [5.41, 5.74) is 1.21. The molecule has 0 N–H and O–H groups in total. The molecule has 0 bridgehead atoms. The van der Waals surface area contributed by atoms with Crippen molar-refractivity contribution >= 4 is 6.09 Å². The minimum atomic E-state index is -0.299. The summed E-state index contributed by atoms with van der Waals surface area (Å²) in [4.78, 5) is 15.3. The summed E-state index contributed by atoms with van der Waals surface area (Å²) in [6, 6.07) is 6.38. The van der Waals surface area contributed by atoms with Gasteiger partial charge in [0.05, 0.1) is 14.2 Å². The lowest BCUT2D eigenvalue weighted by atomic mass is 10.0. The van der Waals surface area contributed by atoms with E-state index in [9.17, 15) is 4.79 Å². The van der Waals surface area contributed by atoms with Crippen molar-refractivity contribution in [2.24, 2.45) is 0 Å². The maximum atomic E-state index is 11.5. The molecule has 1 fully saturated rings. The van der Waals surface area contributed by atoms with Crippen molar-refractivity contribution in [2.75, 3.05) is 48.0 Å². The SMILES string of the molecule is COc1ccc([C@H]2CCCN2CCOC(=O)N(C)C)cc1OC. The Bertz CT molecular complexity index is 533. The highest BCUT2D eigenvalue weighted by Crippen LogP contribution is 2.36. The summed E-state index contributed by atoms with van der Waals surface area (Å²) in [6.07, 6.45) is 1.93. The molecule has 0 saturated carbocycles. The Morgan fingerprint density at radius 1 is 1.26 bits per heavy atom. The van der Waals surface area contributed by atoms with Gasteiger partial charge >= 0.3 is 6.09 Å². The van der Waals surface area contributed by atoms with Gasteiger partial charge in [-0.05, 0) is 37.1 Å². The Morgan fingerprint density at radius 2 is 2.00 bits per heavy atom. The largest absolute Gasteiger partial charge is 0.493 e. The Labute approximate surface area is 137 Å². The first-order valence-electron chi connectivity index (χ1n) is 7.87.